The second-order valence-electron chi connectivity index (χ2n) is 5.96. The van der Waals surface area contributed by atoms with Crippen LogP contribution in [0, 0.1) is 5.82 Å². The standard InChI is InChI=1S/C15H13FN2O4/c16-9-3-1-2-8-11(9)14(21)18(13(8)20)10-4-5-15(6-22-7-15)17-12(10)19/h1-3,10H,4-7H2,(H,17,19). The molecular formula is C15H13FN2O4. The lowest BCUT2D eigenvalue weighted by molar-refractivity contribution is -0.144. The normalized spacial score (nSPS) is 26.0. The summed E-state index contributed by atoms with van der Waals surface area (Å²) in [5.74, 6) is -2.47. The van der Waals surface area contributed by atoms with Crippen LogP contribution in [0.1, 0.15) is 33.6 Å². The number of amides is 3. The number of nitrogens with zero attached hydrogens (tertiary/aromatic N) is 1. The topological polar surface area (TPSA) is 75.7 Å². The molecule has 0 radical (unpaired) electrons. The van der Waals surface area contributed by atoms with Gasteiger partial charge < -0.3 is 10.1 Å². The highest BCUT2D eigenvalue weighted by atomic mass is 19.1. The Morgan fingerprint density at radius 2 is 2.00 bits per heavy atom. The van der Waals surface area contributed by atoms with Crippen LogP contribution in [0.15, 0.2) is 18.2 Å². The summed E-state index contributed by atoms with van der Waals surface area (Å²) in [7, 11) is 0. The Kier molecular flexibility index (Phi) is 2.65. The molecule has 0 bridgehead atoms. The minimum absolute atomic E-state index is 0.0186. The molecule has 4 rings (SSSR count). The first-order valence-corrected chi connectivity index (χ1v) is 7.09. The van der Waals surface area contributed by atoms with E-state index in [1.54, 1.807) is 0 Å². The van der Waals surface area contributed by atoms with Crippen molar-refractivity contribution in [2.24, 2.45) is 0 Å². The van der Waals surface area contributed by atoms with Crippen molar-refractivity contribution < 1.29 is 23.5 Å². The molecule has 0 aromatic heterocycles. The lowest BCUT2D eigenvalue weighted by Gasteiger charge is -2.47. The molecule has 3 aliphatic heterocycles. The molecule has 114 valence electrons. The molecule has 1 N–H and O–H groups in total. The van der Waals surface area contributed by atoms with E-state index in [0.717, 1.165) is 11.0 Å². The van der Waals surface area contributed by atoms with Crippen molar-refractivity contribution in [1.29, 1.82) is 0 Å². The van der Waals surface area contributed by atoms with Gasteiger partial charge in [-0.1, -0.05) is 6.07 Å². The van der Waals surface area contributed by atoms with Gasteiger partial charge in [0.2, 0.25) is 5.91 Å². The number of piperidine rings is 1. The predicted octanol–water partition coefficient (Wildman–Crippen LogP) is 0.469. The van der Waals surface area contributed by atoms with E-state index in [2.05, 4.69) is 5.32 Å². The molecule has 7 heteroatoms. The van der Waals surface area contributed by atoms with Gasteiger partial charge in [0.25, 0.3) is 11.8 Å². The Morgan fingerprint density at radius 1 is 1.23 bits per heavy atom. The van der Waals surface area contributed by atoms with E-state index < -0.39 is 23.7 Å². The SMILES string of the molecule is O=C1NC2(CCC1N1C(=O)c3cccc(F)c3C1=O)COC2. The van der Waals surface area contributed by atoms with Crippen LogP contribution < -0.4 is 5.32 Å². The van der Waals surface area contributed by atoms with E-state index in [1.165, 1.54) is 12.1 Å². The summed E-state index contributed by atoms with van der Waals surface area (Å²) in [6.45, 7) is 0.893. The van der Waals surface area contributed by atoms with Gasteiger partial charge in [-0.05, 0) is 25.0 Å². The molecule has 1 spiro atoms. The van der Waals surface area contributed by atoms with Gasteiger partial charge in [-0.25, -0.2) is 4.39 Å². The fourth-order valence-electron chi connectivity index (χ4n) is 3.31. The summed E-state index contributed by atoms with van der Waals surface area (Å²) in [6.07, 6.45) is 0.988. The number of halogens is 1. The number of imide groups is 1. The van der Waals surface area contributed by atoms with E-state index in [9.17, 15) is 18.8 Å². The fourth-order valence-corrected chi connectivity index (χ4v) is 3.31. The first-order valence-electron chi connectivity index (χ1n) is 7.09. The number of ether oxygens (including phenoxy) is 1. The smallest absolute Gasteiger partial charge is 0.265 e. The fraction of sp³-hybridized carbons (Fsp3) is 0.400. The van der Waals surface area contributed by atoms with Crippen LogP contribution in [0.5, 0.6) is 0 Å². The average Bonchev–Trinajstić information content (AvgIpc) is 2.71. The van der Waals surface area contributed by atoms with Crippen molar-refractivity contribution in [3.63, 3.8) is 0 Å². The summed E-state index contributed by atoms with van der Waals surface area (Å²) in [5.41, 5.74) is -0.588. The number of nitrogens with one attached hydrogen (secondary N) is 1. The molecule has 1 atom stereocenters. The van der Waals surface area contributed by atoms with Gasteiger partial charge in [0, 0.05) is 0 Å². The number of carbonyl (C=O) groups excluding carboxylic acids is 3. The van der Waals surface area contributed by atoms with Gasteiger partial charge in [0.1, 0.15) is 11.9 Å². The maximum absolute atomic E-state index is 13.8. The third-order valence-corrected chi connectivity index (χ3v) is 4.55. The second kappa shape index (κ2) is 4.36. The molecular weight excluding hydrogens is 291 g/mol. The highest BCUT2D eigenvalue weighted by Gasteiger charge is 2.51. The number of hydrogen-bond acceptors (Lipinski definition) is 4. The Hall–Kier alpha value is -2.28. The van der Waals surface area contributed by atoms with E-state index >= 15 is 0 Å². The predicted molar refractivity (Wildman–Crippen MR) is 71.6 cm³/mol. The first-order chi connectivity index (χ1) is 10.5. The zero-order chi connectivity index (χ0) is 15.5. The van der Waals surface area contributed by atoms with Crippen molar-refractivity contribution in [3.05, 3.63) is 35.1 Å². The molecule has 3 aliphatic rings. The van der Waals surface area contributed by atoms with Crippen LogP contribution in [-0.4, -0.2) is 47.4 Å². The van der Waals surface area contributed by atoms with E-state index in [4.69, 9.17) is 4.74 Å². The lowest BCUT2D eigenvalue weighted by Crippen LogP contribution is -2.69. The number of rotatable bonds is 1. The average molecular weight is 304 g/mol. The Labute approximate surface area is 125 Å². The Morgan fingerprint density at radius 3 is 2.59 bits per heavy atom. The number of hydrogen-bond donors (Lipinski definition) is 1. The summed E-state index contributed by atoms with van der Waals surface area (Å²) < 4.78 is 18.9. The minimum atomic E-state index is -0.891. The zero-order valence-corrected chi connectivity index (χ0v) is 11.6. The zero-order valence-electron chi connectivity index (χ0n) is 11.6. The Balaban J connectivity index is 1.65. The van der Waals surface area contributed by atoms with Crippen molar-refractivity contribution in [2.45, 2.75) is 24.4 Å². The molecule has 0 saturated carbocycles. The first kappa shape index (κ1) is 13.4. The van der Waals surface area contributed by atoms with Gasteiger partial charge in [0.15, 0.2) is 0 Å². The lowest BCUT2D eigenvalue weighted by atomic mass is 9.84. The van der Waals surface area contributed by atoms with Crippen molar-refractivity contribution in [2.75, 3.05) is 13.2 Å². The molecule has 3 amide bonds. The van der Waals surface area contributed by atoms with Crippen LogP contribution >= 0.6 is 0 Å². The molecule has 0 aliphatic carbocycles. The maximum Gasteiger partial charge on any atom is 0.265 e. The monoisotopic (exact) mass is 304 g/mol. The highest BCUT2D eigenvalue weighted by Crippen LogP contribution is 2.33. The number of fused-ring (bicyclic) bond motifs is 1. The third-order valence-electron chi connectivity index (χ3n) is 4.55. The maximum atomic E-state index is 13.8. The van der Waals surface area contributed by atoms with Gasteiger partial charge in [-0.2, -0.15) is 0 Å². The molecule has 2 fully saturated rings. The van der Waals surface area contributed by atoms with Crippen LogP contribution in [0.25, 0.3) is 0 Å². The molecule has 1 unspecified atom stereocenters. The van der Waals surface area contributed by atoms with Crippen molar-refractivity contribution in [3.8, 4) is 0 Å². The van der Waals surface area contributed by atoms with Gasteiger partial charge in [0.05, 0.1) is 29.9 Å². The number of benzene rings is 1. The van der Waals surface area contributed by atoms with Crippen LogP contribution in [0.3, 0.4) is 0 Å². The highest BCUT2D eigenvalue weighted by molar-refractivity contribution is 6.23. The molecule has 6 nitrogen and oxygen atoms in total. The second-order valence-corrected chi connectivity index (χ2v) is 5.96. The largest absolute Gasteiger partial charge is 0.376 e. The summed E-state index contributed by atoms with van der Waals surface area (Å²) in [4.78, 5) is 38.0. The summed E-state index contributed by atoms with van der Waals surface area (Å²) >= 11 is 0. The van der Waals surface area contributed by atoms with E-state index in [1.807, 2.05) is 0 Å². The van der Waals surface area contributed by atoms with Gasteiger partial charge in [-0.3, -0.25) is 19.3 Å². The van der Waals surface area contributed by atoms with Crippen LogP contribution in [-0.2, 0) is 9.53 Å². The molecule has 22 heavy (non-hydrogen) atoms. The van der Waals surface area contributed by atoms with Crippen LogP contribution in [0.2, 0.25) is 0 Å². The summed E-state index contributed by atoms with van der Waals surface area (Å²) in [5, 5.41) is 2.83. The molecule has 3 heterocycles. The van der Waals surface area contributed by atoms with E-state index in [0.29, 0.717) is 26.1 Å². The summed E-state index contributed by atoms with van der Waals surface area (Å²) in [6, 6.07) is 3.03. The van der Waals surface area contributed by atoms with Crippen LogP contribution in [0.4, 0.5) is 4.39 Å². The van der Waals surface area contributed by atoms with Crippen molar-refractivity contribution >= 4 is 17.7 Å². The molecule has 2 saturated heterocycles. The van der Waals surface area contributed by atoms with Gasteiger partial charge in [-0.15, -0.1) is 0 Å². The molecule has 1 aromatic rings. The Bertz CT molecular complexity index is 713. The number of carbonyl (C=O) groups is 3. The third kappa shape index (κ3) is 1.65. The minimum Gasteiger partial charge on any atom is -0.376 e. The van der Waals surface area contributed by atoms with E-state index in [-0.39, 0.29) is 22.6 Å². The van der Waals surface area contributed by atoms with Gasteiger partial charge >= 0.3 is 0 Å². The quantitative estimate of drug-likeness (QED) is 0.765. The van der Waals surface area contributed by atoms with Crippen molar-refractivity contribution in [1.82, 2.24) is 10.2 Å². The molecule has 1 aromatic carbocycles.